The summed E-state index contributed by atoms with van der Waals surface area (Å²) in [7, 11) is 0. The molecular weight excluding hydrogens is 210 g/mol. The number of aromatic nitrogens is 1. The van der Waals surface area contributed by atoms with Crippen LogP contribution in [-0.2, 0) is 9.53 Å². The Balaban J connectivity index is 2.26. The van der Waals surface area contributed by atoms with Crippen molar-refractivity contribution in [1.29, 1.82) is 0 Å². The average molecular weight is 225 g/mol. The zero-order valence-electron chi connectivity index (χ0n) is 9.10. The Bertz CT molecular complexity index is 345. The Morgan fingerprint density at radius 3 is 2.88 bits per heavy atom. The normalized spacial score (nSPS) is 12.1. The number of aromatic amines is 1. The number of carboxylic acids is 1. The second kappa shape index (κ2) is 5.95. The highest BCUT2D eigenvalue weighted by molar-refractivity contribution is 5.87. The molecule has 0 unspecified atom stereocenters. The standard InChI is InChI=1S/C11H15NO4/c1-8(4-2-6-10(13)14)16-11(15)9-5-3-7-12-9/h3,5,7-8,12H,2,4,6H2,1H3,(H,13,14)/t8-/m1/s1. The van der Waals surface area contributed by atoms with E-state index in [1.165, 1.54) is 0 Å². The van der Waals surface area contributed by atoms with Crippen molar-refractivity contribution < 1.29 is 19.4 Å². The first-order chi connectivity index (χ1) is 7.59. The lowest BCUT2D eigenvalue weighted by molar-refractivity contribution is -0.137. The van der Waals surface area contributed by atoms with Gasteiger partial charge in [0, 0.05) is 12.6 Å². The predicted octanol–water partition coefficient (Wildman–Crippen LogP) is 1.81. The lowest BCUT2D eigenvalue weighted by atomic mass is 10.2. The summed E-state index contributed by atoms with van der Waals surface area (Å²) in [5.41, 5.74) is 0.407. The Labute approximate surface area is 93.4 Å². The van der Waals surface area contributed by atoms with Gasteiger partial charge in [-0.2, -0.15) is 0 Å². The van der Waals surface area contributed by atoms with E-state index in [0.717, 1.165) is 0 Å². The molecular formula is C11H15NO4. The number of H-pyrrole nitrogens is 1. The van der Waals surface area contributed by atoms with E-state index in [1.807, 2.05) is 0 Å². The molecule has 0 aromatic carbocycles. The molecule has 1 aromatic rings. The zero-order valence-corrected chi connectivity index (χ0v) is 9.10. The van der Waals surface area contributed by atoms with Gasteiger partial charge in [-0.3, -0.25) is 4.79 Å². The lowest BCUT2D eigenvalue weighted by Crippen LogP contribution is -2.15. The molecule has 0 saturated heterocycles. The third kappa shape index (κ3) is 4.16. The third-order valence-corrected chi connectivity index (χ3v) is 2.13. The van der Waals surface area contributed by atoms with E-state index >= 15 is 0 Å². The maximum atomic E-state index is 11.4. The molecule has 1 aromatic heterocycles. The molecule has 1 atom stereocenters. The van der Waals surface area contributed by atoms with Crippen molar-refractivity contribution in [3.63, 3.8) is 0 Å². The maximum absolute atomic E-state index is 11.4. The largest absolute Gasteiger partial charge is 0.481 e. The Kier molecular flexibility index (Phi) is 4.57. The van der Waals surface area contributed by atoms with E-state index in [2.05, 4.69) is 4.98 Å². The monoisotopic (exact) mass is 225 g/mol. The summed E-state index contributed by atoms with van der Waals surface area (Å²) in [5.74, 6) is -1.24. The number of ether oxygens (including phenoxy) is 1. The van der Waals surface area contributed by atoms with Gasteiger partial charge in [-0.05, 0) is 31.9 Å². The van der Waals surface area contributed by atoms with Gasteiger partial charge in [0.2, 0.25) is 0 Å². The average Bonchev–Trinajstić information content (AvgIpc) is 2.69. The van der Waals surface area contributed by atoms with Gasteiger partial charge in [0.25, 0.3) is 0 Å². The number of rotatable bonds is 6. The van der Waals surface area contributed by atoms with Crippen molar-refractivity contribution in [3.8, 4) is 0 Å². The molecule has 0 bridgehead atoms. The van der Waals surface area contributed by atoms with Gasteiger partial charge in [0.05, 0.1) is 6.10 Å². The molecule has 16 heavy (non-hydrogen) atoms. The molecule has 0 aliphatic rings. The summed E-state index contributed by atoms with van der Waals surface area (Å²) in [6.07, 6.45) is 2.54. The van der Waals surface area contributed by atoms with Crippen LogP contribution < -0.4 is 0 Å². The first-order valence-electron chi connectivity index (χ1n) is 5.15. The van der Waals surface area contributed by atoms with Crippen molar-refractivity contribution in [2.24, 2.45) is 0 Å². The molecule has 0 amide bonds. The number of carboxylic acid groups (broad SMARTS) is 1. The number of esters is 1. The van der Waals surface area contributed by atoms with Gasteiger partial charge >= 0.3 is 11.9 Å². The molecule has 0 radical (unpaired) electrons. The number of nitrogens with one attached hydrogen (secondary N) is 1. The van der Waals surface area contributed by atoms with Gasteiger partial charge in [0.15, 0.2) is 0 Å². The van der Waals surface area contributed by atoms with Crippen LogP contribution in [0.1, 0.15) is 36.7 Å². The molecule has 1 rings (SSSR count). The smallest absolute Gasteiger partial charge is 0.354 e. The van der Waals surface area contributed by atoms with Crippen molar-refractivity contribution in [2.45, 2.75) is 32.3 Å². The first-order valence-corrected chi connectivity index (χ1v) is 5.15. The van der Waals surface area contributed by atoms with Crippen molar-refractivity contribution in [1.82, 2.24) is 4.98 Å². The van der Waals surface area contributed by atoms with Crippen LogP contribution in [-0.4, -0.2) is 28.1 Å². The summed E-state index contributed by atoms with van der Waals surface area (Å²) in [4.78, 5) is 24.5. The Hall–Kier alpha value is -1.78. The van der Waals surface area contributed by atoms with Crippen LogP contribution in [0.5, 0.6) is 0 Å². The maximum Gasteiger partial charge on any atom is 0.354 e. The van der Waals surface area contributed by atoms with Gasteiger partial charge in [-0.15, -0.1) is 0 Å². The van der Waals surface area contributed by atoms with Crippen LogP contribution in [0.4, 0.5) is 0 Å². The summed E-state index contributed by atoms with van der Waals surface area (Å²) in [6.45, 7) is 1.75. The van der Waals surface area contributed by atoms with Crippen molar-refractivity contribution in [2.75, 3.05) is 0 Å². The van der Waals surface area contributed by atoms with E-state index < -0.39 is 11.9 Å². The SMILES string of the molecule is C[C@H](CCCC(=O)O)OC(=O)c1ccc[nH]1. The van der Waals surface area contributed by atoms with Crippen LogP contribution in [0, 0.1) is 0 Å². The minimum Gasteiger partial charge on any atom is -0.481 e. The molecule has 5 nitrogen and oxygen atoms in total. The fourth-order valence-electron chi connectivity index (χ4n) is 1.30. The van der Waals surface area contributed by atoms with Crippen LogP contribution in [0.25, 0.3) is 0 Å². The highest BCUT2D eigenvalue weighted by atomic mass is 16.5. The summed E-state index contributed by atoms with van der Waals surface area (Å²) >= 11 is 0. The molecule has 5 heteroatoms. The van der Waals surface area contributed by atoms with Crippen LogP contribution in [0.3, 0.4) is 0 Å². The summed E-state index contributed by atoms with van der Waals surface area (Å²) in [6, 6.07) is 3.35. The molecule has 0 saturated carbocycles. The van der Waals surface area contributed by atoms with Crippen molar-refractivity contribution >= 4 is 11.9 Å². The number of carbonyl (C=O) groups is 2. The van der Waals surface area contributed by atoms with E-state index in [-0.39, 0.29) is 12.5 Å². The third-order valence-electron chi connectivity index (χ3n) is 2.13. The highest BCUT2D eigenvalue weighted by Gasteiger charge is 2.12. The fraction of sp³-hybridized carbons (Fsp3) is 0.455. The minimum absolute atomic E-state index is 0.102. The molecule has 0 fully saturated rings. The molecule has 88 valence electrons. The molecule has 2 N–H and O–H groups in total. The second-order valence-corrected chi connectivity index (χ2v) is 3.59. The van der Waals surface area contributed by atoms with Crippen LogP contribution in [0.2, 0.25) is 0 Å². The van der Waals surface area contributed by atoms with E-state index in [0.29, 0.717) is 18.5 Å². The van der Waals surface area contributed by atoms with Gasteiger partial charge in [0.1, 0.15) is 5.69 Å². The topological polar surface area (TPSA) is 79.4 Å². The van der Waals surface area contributed by atoms with E-state index in [4.69, 9.17) is 9.84 Å². The molecule has 1 heterocycles. The molecule has 0 spiro atoms. The molecule has 0 aliphatic carbocycles. The number of hydrogen-bond donors (Lipinski definition) is 2. The minimum atomic E-state index is -0.831. The zero-order chi connectivity index (χ0) is 12.0. The van der Waals surface area contributed by atoms with Gasteiger partial charge in [-0.1, -0.05) is 0 Å². The fourth-order valence-corrected chi connectivity index (χ4v) is 1.30. The van der Waals surface area contributed by atoms with Crippen molar-refractivity contribution in [3.05, 3.63) is 24.0 Å². The van der Waals surface area contributed by atoms with Gasteiger partial charge in [-0.25, -0.2) is 4.79 Å². The predicted molar refractivity (Wildman–Crippen MR) is 57.2 cm³/mol. The van der Waals surface area contributed by atoms with Crippen LogP contribution in [0.15, 0.2) is 18.3 Å². The second-order valence-electron chi connectivity index (χ2n) is 3.59. The Morgan fingerprint density at radius 2 is 2.31 bits per heavy atom. The van der Waals surface area contributed by atoms with Gasteiger partial charge < -0.3 is 14.8 Å². The number of carbonyl (C=O) groups excluding carboxylic acids is 1. The summed E-state index contributed by atoms with van der Waals surface area (Å²) < 4.78 is 5.11. The number of aliphatic carboxylic acids is 1. The molecule has 0 aliphatic heterocycles. The lowest BCUT2D eigenvalue weighted by Gasteiger charge is -2.11. The highest BCUT2D eigenvalue weighted by Crippen LogP contribution is 2.07. The van der Waals surface area contributed by atoms with E-state index in [1.54, 1.807) is 25.3 Å². The number of hydrogen-bond acceptors (Lipinski definition) is 3. The van der Waals surface area contributed by atoms with Crippen LogP contribution >= 0.6 is 0 Å². The first kappa shape index (κ1) is 12.3. The van der Waals surface area contributed by atoms with E-state index in [9.17, 15) is 9.59 Å². The Morgan fingerprint density at radius 1 is 1.56 bits per heavy atom. The summed E-state index contributed by atoms with van der Waals surface area (Å²) in [5, 5.41) is 8.45. The quantitative estimate of drug-likeness (QED) is 0.723.